The molecule has 1 aromatic carbocycles. The maximum absolute atomic E-state index is 10.7. The maximum Gasteiger partial charge on any atom is 0.205 e. The number of fused-ring (bicyclic) bond motifs is 1. The second-order valence-corrected chi connectivity index (χ2v) is 5.44. The number of morpholine rings is 1. The molecule has 2 heterocycles. The molecule has 2 saturated heterocycles. The normalized spacial score (nSPS) is 31.8. The van der Waals surface area contributed by atoms with Crippen LogP contribution in [0.3, 0.4) is 0 Å². The summed E-state index contributed by atoms with van der Waals surface area (Å²) in [5, 5.41) is 10.7. The number of nitrogens with zero attached hydrogens (tertiary/aromatic N) is 1. The van der Waals surface area contributed by atoms with Gasteiger partial charge in [0.1, 0.15) is 5.75 Å². The molecule has 2 atom stereocenters. The summed E-state index contributed by atoms with van der Waals surface area (Å²) >= 11 is 0. The van der Waals surface area contributed by atoms with E-state index >= 15 is 0 Å². The Balaban J connectivity index is 1.78. The molecule has 0 radical (unpaired) electrons. The Hall–Kier alpha value is -1.10. The Bertz CT molecular complexity index is 434. The van der Waals surface area contributed by atoms with Crippen molar-refractivity contribution in [3.63, 3.8) is 0 Å². The molecule has 2 unspecified atom stereocenters. The van der Waals surface area contributed by atoms with Crippen LogP contribution in [0.1, 0.15) is 24.8 Å². The Morgan fingerprint density at radius 1 is 1.32 bits per heavy atom. The van der Waals surface area contributed by atoms with Crippen LogP contribution in [0.25, 0.3) is 0 Å². The fourth-order valence-electron chi connectivity index (χ4n) is 3.04. The van der Waals surface area contributed by atoms with E-state index in [-0.39, 0.29) is 0 Å². The summed E-state index contributed by atoms with van der Waals surface area (Å²) in [7, 11) is 1.64. The van der Waals surface area contributed by atoms with Crippen LogP contribution in [0, 0.1) is 0 Å². The van der Waals surface area contributed by atoms with Gasteiger partial charge in [0.15, 0.2) is 0 Å². The number of rotatable bonds is 2. The second kappa shape index (κ2) is 5.12. The van der Waals surface area contributed by atoms with Crippen molar-refractivity contribution >= 4 is 0 Å². The number of methoxy groups -OCH3 is 1. The van der Waals surface area contributed by atoms with Gasteiger partial charge in [0, 0.05) is 11.6 Å². The van der Waals surface area contributed by atoms with Crippen molar-refractivity contribution in [1.82, 2.24) is 4.90 Å². The molecule has 0 aromatic heterocycles. The van der Waals surface area contributed by atoms with Gasteiger partial charge in [-0.1, -0.05) is 6.42 Å². The highest BCUT2D eigenvalue weighted by Gasteiger charge is 2.41. The Labute approximate surface area is 113 Å². The molecule has 19 heavy (non-hydrogen) atoms. The number of piperidine rings is 1. The third-order valence-corrected chi connectivity index (χ3v) is 4.22. The molecule has 2 aliphatic rings. The predicted molar refractivity (Wildman–Crippen MR) is 72.1 cm³/mol. The Morgan fingerprint density at radius 2 is 2.11 bits per heavy atom. The van der Waals surface area contributed by atoms with E-state index in [2.05, 4.69) is 4.90 Å². The van der Waals surface area contributed by atoms with Crippen LogP contribution in [-0.2, 0) is 10.5 Å². The van der Waals surface area contributed by atoms with Crippen molar-refractivity contribution < 1.29 is 14.6 Å². The van der Waals surface area contributed by atoms with E-state index in [9.17, 15) is 5.11 Å². The largest absolute Gasteiger partial charge is 0.497 e. The molecule has 2 aliphatic heterocycles. The monoisotopic (exact) mass is 263 g/mol. The van der Waals surface area contributed by atoms with Crippen molar-refractivity contribution in [2.45, 2.75) is 31.1 Å². The van der Waals surface area contributed by atoms with Crippen molar-refractivity contribution in [2.75, 3.05) is 26.8 Å². The van der Waals surface area contributed by atoms with E-state index in [1.165, 1.54) is 19.3 Å². The molecule has 1 N–H and O–H groups in total. The van der Waals surface area contributed by atoms with Crippen molar-refractivity contribution in [2.24, 2.45) is 0 Å². The summed E-state index contributed by atoms with van der Waals surface area (Å²) in [5.41, 5.74) is 0.803. The highest BCUT2D eigenvalue weighted by Crippen LogP contribution is 2.33. The molecule has 1 aromatic rings. The molecule has 0 amide bonds. The molecule has 4 heteroatoms. The zero-order valence-corrected chi connectivity index (χ0v) is 11.3. The second-order valence-electron chi connectivity index (χ2n) is 5.44. The van der Waals surface area contributed by atoms with Gasteiger partial charge in [0.2, 0.25) is 5.79 Å². The Morgan fingerprint density at radius 3 is 2.84 bits per heavy atom. The summed E-state index contributed by atoms with van der Waals surface area (Å²) in [4.78, 5) is 2.36. The van der Waals surface area contributed by atoms with Crippen molar-refractivity contribution in [3.8, 4) is 5.75 Å². The first-order valence-electron chi connectivity index (χ1n) is 6.96. The van der Waals surface area contributed by atoms with Gasteiger partial charge in [0.05, 0.1) is 20.3 Å². The molecule has 0 saturated carbocycles. The summed E-state index contributed by atoms with van der Waals surface area (Å²) in [6.07, 6.45) is 3.67. The van der Waals surface area contributed by atoms with Crippen LogP contribution < -0.4 is 4.74 Å². The van der Waals surface area contributed by atoms with Crippen LogP contribution >= 0.6 is 0 Å². The zero-order chi connectivity index (χ0) is 13.3. The van der Waals surface area contributed by atoms with E-state index in [1.807, 2.05) is 24.3 Å². The first-order valence-corrected chi connectivity index (χ1v) is 6.96. The minimum Gasteiger partial charge on any atom is -0.497 e. The molecule has 0 spiro atoms. The number of hydrogen-bond acceptors (Lipinski definition) is 4. The first kappa shape index (κ1) is 12.9. The molecular formula is C15H21NO3. The average Bonchev–Trinajstić information content (AvgIpc) is 2.47. The topological polar surface area (TPSA) is 41.9 Å². The summed E-state index contributed by atoms with van der Waals surface area (Å²) in [6, 6.07) is 7.96. The SMILES string of the molecule is COc1ccc(C2(O)CN3CCCCC3CO2)cc1. The lowest BCUT2D eigenvalue weighted by Gasteiger charge is -2.46. The van der Waals surface area contributed by atoms with Gasteiger partial charge < -0.3 is 14.6 Å². The fraction of sp³-hybridized carbons (Fsp3) is 0.600. The zero-order valence-electron chi connectivity index (χ0n) is 11.3. The van der Waals surface area contributed by atoms with Gasteiger partial charge in [-0.15, -0.1) is 0 Å². The maximum atomic E-state index is 10.7. The van der Waals surface area contributed by atoms with Crippen molar-refractivity contribution in [3.05, 3.63) is 29.8 Å². The standard InChI is InChI=1S/C15H21NO3/c1-18-14-7-5-12(6-8-14)15(17)11-16-9-3-2-4-13(16)10-19-15/h5-8,13,17H,2-4,9-11H2,1H3. The van der Waals surface area contributed by atoms with Crippen LogP contribution in [0.4, 0.5) is 0 Å². The third kappa shape index (κ3) is 2.48. The van der Waals surface area contributed by atoms with Gasteiger partial charge in [0.25, 0.3) is 0 Å². The Kier molecular flexibility index (Phi) is 3.48. The summed E-state index contributed by atoms with van der Waals surface area (Å²) in [6.45, 7) is 2.24. The summed E-state index contributed by atoms with van der Waals surface area (Å²) < 4.78 is 10.9. The predicted octanol–water partition coefficient (Wildman–Crippen LogP) is 1.72. The lowest BCUT2D eigenvalue weighted by atomic mass is 9.96. The van der Waals surface area contributed by atoms with Gasteiger partial charge in [-0.3, -0.25) is 4.90 Å². The van der Waals surface area contributed by atoms with Crippen LogP contribution in [0.15, 0.2) is 24.3 Å². The van der Waals surface area contributed by atoms with Gasteiger partial charge in [-0.05, 0) is 43.7 Å². The lowest BCUT2D eigenvalue weighted by molar-refractivity contribution is -0.264. The molecule has 0 aliphatic carbocycles. The smallest absolute Gasteiger partial charge is 0.205 e. The van der Waals surface area contributed by atoms with E-state index in [4.69, 9.17) is 9.47 Å². The first-order chi connectivity index (χ1) is 9.21. The number of ether oxygens (including phenoxy) is 2. The average molecular weight is 263 g/mol. The fourth-order valence-corrected chi connectivity index (χ4v) is 3.04. The van der Waals surface area contributed by atoms with Gasteiger partial charge in [-0.25, -0.2) is 0 Å². The lowest BCUT2D eigenvalue weighted by Crippen LogP contribution is -2.56. The van der Waals surface area contributed by atoms with Crippen LogP contribution in [0.5, 0.6) is 5.75 Å². The highest BCUT2D eigenvalue weighted by molar-refractivity contribution is 5.30. The third-order valence-electron chi connectivity index (χ3n) is 4.22. The molecule has 2 fully saturated rings. The number of aliphatic hydroxyl groups is 1. The van der Waals surface area contributed by atoms with Gasteiger partial charge in [-0.2, -0.15) is 0 Å². The van der Waals surface area contributed by atoms with E-state index in [1.54, 1.807) is 7.11 Å². The number of hydrogen-bond donors (Lipinski definition) is 1. The minimum atomic E-state index is -1.18. The van der Waals surface area contributed by atoms with Crippen molar-refractivity contribution in [1.29, 1.82) is 0 Å². The van der Waals surface area contributed by atoms with E-state index in [0.717, 1.165) is 17.9 Å². The molecular weight excluding hydrogens is 242 g/mol. The highest BCUT2D eigenvalue weighted by atomic mass is 16.6. The molecule has 104 valence electrons. The van der Waals surface area contributed by atoms with Crippen LogP contribution in [0.2, 0.25) is 0 Å². The van der Waals surface area contributed by atoms with Crippen LogP contribution in [-0.4, -0.2) is 42.9 Å². The molecule has 0 bridgehead atoms. The van der Waals surface area contributed by atoms with Gasteiger partial charge >= 0.3 is 0 Å². The molecule has 4 nitrogen and oxygen atoms in total. The van der Waals surface area contributed by atoms with E-state index < -0.39 is 5.79 Å². The minimum absolute atomic E-state index is 0.479. The number of benzene rings is 1. The van der Waals surface area contributed by atoms with E-state index in [0.29, 0.717) is 19.2 Å². The summed E-state index contributed by atoms with van der Waals surface area (Å²) in [5.74, 6) is -0.390. The molecule has 3 rings (SSSR count). The quantitative estimate of drug-likeness (QED) is 0.882.